The number of aryl methyl sites for hydroxylation is 2. The Labute approximate surface area is 177 Å². The first-order valence-electron chi connectivity index (χ1n) is 9.80. The standard InChI is InChI=1S/C23H28N4O3/c1-15-6-8-18(9-7-15)27-22(12-16(2)26-27)25-23(28)14-24-17(3)20-13-19(29-4)10-11-21(20)30-5/h6-13,17,24H,14H2,1-5H3,(H,25,28). The summed E-state index contributed by atoms with van der Waals surface area (Å²) in [5.74, 6) is 1.96. The Balaban J connectivity index is 1.68. The summed E-state index contributed by atoms with van der Waals surface area (Å²) in [5.41, 5.74) is 3.81. The summed E-state index contributed by atoms with van der Waals surface area (Å²) < 4.78 is 12.5. The zero-order valence-corrected chi connectivity index (χ0v) is 18.0. The van der Waals surface area contributed by atoms with Gasteiger partial charge in [0, 0.05) is 17.7 Å². The van der Waals surface area contributed by atoms with Gasteiger partial charge in [-0.1, -0.05) is 17.7 Å². The highest BCUT2D eigenvalue weighted by molar-refractivity contribution is 5.91. The molecule has 2 N–H and O–H groups in total. The van der Waals surface area contributed by atoms with Crippen LogP contribution in [0.25, 0.3) is 5.69 Å². The van der Waals surface area contributed by atoms with Crippen LogP contribution in [0.1, 0.15) is 29.8 Å². The summed E-state index contributed by atoms with van der Waals surface area (Å²) in [6.45, 7) is 6.05. The molecule has 0 aliphatic rings. The molecule has 30 heavy (non-hydrogen) atoms. The van der Waals surface area contributed by atoms with Crippen molar-refractivity contribution in [2.45, 2.75) is 26.8 Å². The first-order chi connectivity index (χ1) is 14.4. The average molecular weight is 409 g/mol. The SMILES string of the molecule is COc1ccc(OC)c(C(C)NCC(=O)Nc2cc(C)nn2-c2ccc(C)cc2)c1. The number of carbonyl (C=O) groups excluding carboxylic acids is 1. The highest BCUT2D eigenvalue weighted by atomic mass is 16.5. The number of hydrogen-bond acceptors (Lipinski definition) is 5. The van der Waals surface area contributed by atoms with Gasteiger partial charge in [0.1, 0.15) is 17.3 Å². The van der Waals surface area contributed by atoms with Gasteiger partial charge < -0.3 is 20.1 Å². The second-order valence-corrected chi connectivity index (χ2v) is 7.18. The van der Waals surface area contributed by atoms with Crippen LogP contribution in [0.2, 0.25) is 0 Å². The molecule has 0 aliphatic carbocycles. The number of nitrogens with zero attached hydrogens (tertiary/aromatic N) is 2. The van der Waals surface area contributed by atoms with E-state index in [1.165, 1.54) is 5.56 Å². The normalized spacial score (nSPS) is 11.8. The van der Waals surface area contributed by atoms with Gasteiger partial charge >= 0.3 is 0 Å². The molecular formula is C23H28N4O3. The zero-order chi connectivity index (χ0) is 21.7. The predicted octanol–water partition coefficient (Wildman–Crippen LogP) is 3.80. The molecule has 0 saturated heterocycles. The molecule has 1 unspecified atom stereocenters. The van der Waals surface area contributed by atoms with Crippen LogP contribution in [0.5, 0.6) is 11.5 Å². The summed E-state index contributed by atoms with van der Waals surface area (Å²) in [6, 6.07) is 15.3. The maximum atomic E-state index is 12.6. The molecule has 1 aromatic heterocycles. The van der Waals surface area contributed by atoms with E-state index in [-0.39, 0.29) is 18.5 Å². The summed E-state index contributed by atoms with van der Waals surface area (Å²) in [5, 5.41) is 10.7. The van der Waals surface area contributed by atoms with E-state index in [9.17, 15) is 4.79 Å². The third-order valence-electron chi connectivity index (χ3n) is 4.85. The fourth-order valence-electron chi connectivity index (χ4n) is 3.19. The number of benzene rings is 2. The van der Waals surface area contributed by atoms with Crippen LogP contribution in [0.15, 0.2) is 48.5 Å². The number of hydrogen-bond donors (Lipinski definition) is 2. The summed E-state index contributed by atoms with van der Waals surface area (Å²) >= 11 is 0. The Morgan fingerprint density at radius 1 is 1.07 bits per heavy atom. The maximum absolute atomic E-state index is 12.6. The molecule has 0 saturated carbocycles. The summed E-state index contributed by atoms with van der Waals surface area (Å²) in [7, 11) is 3.25. The van der Waals surface area contributed by atoms with Gasteiger partial charge in [0.2, 0.25) is 5.91 Å². The molecule has 0 radical (unpaired) electrons. The Bertz CT molecular complexity index is 1010. The molecular weight excluding hydrogens is 380 g/mol. The van der Waals surface area contributed by atoms with Gasteiger partial charge in [0.25, 0.3) is 0 Å². The monoisotopic (exact) mass is 408 g/mol. The van der Waals surface area contributed by atoms with Crippen molar-refractivity contribution in [2.75, 3.05) is 26.1 Å². The van der Waals surface area contributed by atoms with E-state index in [1.807, 2.05) is 69.3 Å². The van der Waals surface area contributed by atoms with E-state index in [1.54, 1.807) is 18.9 Å². The lowest BCUT2D eigenvalue weighted by molar-refractivity contribution is -0.115. The topological polar surface area (TPSA) is 77.4 Å². The third kappa shape index (κ3) is 4.99. The molecule has 3 rings (SSSR count). The van der Waals surface area contributed by atoms with E-state index < -0.39 is 0 Å². The van der Waals surface area contributed by atoms with Crippen molar-refractivity contribution in [3.63, 3.8) is 0 Å². The van der Waals surface area contributed by atoms with Crippen molar-refractivity contribution in [1.29, 1.82) is 0 Å². The molecule has 7 nitrogen and oxygen atoms in total. The molecule has 2 aromatic carbocycles. The number of carbonyl (C=O) groups is 1. The number of aromatic nitrogens is 2. The van der Waals surface area contributed by atoms with Gasteiger partial charge in [-0.2, -0.15) is 5.10 Å². The van der Waals surface area contributed by atoms with Crippen LogP contribution in [-0.2, 0) is 4.79 Å². The molecule has 7 heteroatoms. The molecule has 1 heterocycles. The van der Waals surface area contributed by atoms with Gasteiger partial charge in [-0.3, -0.25) is 4.79 Å². The highest BCUT2D eigenvalue weighted by Crippen LogP contribution is 2.29. The second kappa shape index (κ2) is 9.45. The zero-order valence-electron chi connectivity index (χ0n) is 18.0. The Morgan fingerprint density at radius 2 is 1.80 bits per heavy atom. The van der Waals surface area contributed by atoms with Crippen molar-refractivity contribution in [3.05, 3.63) is 65.4 Å². The van der Waals surface area contributed by atoms with Gasteiger partial charge in [-0.05, 0) is 51.1 Å². The quantitative estimate of drug-likeness (QED) is 0.593. The lowest BCUT2D eigenvalue weighted by Gasteiger charge is -2.18. The number of amides is 1. The number of ether oxygens (including phenoxy) is 2. The van der Waals surface area contributed by atoms with E-state index >= 15 is 0 Å². The average Bonchev–Trinajstić information content (AvgIpc) is 3.11. The van der Waals surface area contributed by atoms with Crippen LogP contribution in [0.4, 0.5) is 5.82 Å². The minimum atomic E-state index is -0.156. The lowest BCUT2D eigenvalue weighted by Crippen LogP contribution is -2.30. The Hall–Kier alpha value is -3.32. The van der Waals surface area contributed by atoms with E-state index in [4.69, 9.17) is 9.47 Å². The largest absolute Gasteiger partial charge is 0.497 e. The van der Waals surface area contributed by atoms with Gasteiger partial charge in [0.05, 0.1) is 32.1 Å². The number of rotatable bonds is 8. The van der Waals surface area contributed by atoms with Crippen LogP contribution in [0.3, 0.4) is 0 Å². The first-order valence-corrected chi connectivity index (χ1v) is 9.80. The molecule has 1 amide bonds. The van der Waals surface area contributed by atoms with Crippen LogP contribution < -0.4 is 20.1 Å². The van der Waals surface area contributed by atoms with Crippen LogP contribution in [0, 0.1) is 13.8 Å². The molecule has 3 aromatic rings. The minimum Gasteiger partial charge on any atom is -0.497 e. The van der Waals surface area contributed by atoms with Crippen LogP contribution in [-0.4, -0.2) is 36.5 Å². The van der Waals surface area contributed by atoms with E-state index in [2.05, 4.69) is 15.7 Å². The van der Waals surface area contributed by atoms with Gasteiger partial charge in [-0.25, -0.2) is 4.68 Å². The molecule has 0 bridgehead atoms. The highest BCUT2D eigenvalue weighted by Gasteiger charge is 2.15. The maximum Gasteiger partial charge on any atom is 0.239 e. The second-order valence-electron chi connectivity index (χ2n) is 7.18. The van der Waals surface area contributed by atoms with Crippen LogP contribution >= 0.6 is 0 Å². The molecule has 1 atom stereocenters. The number of nitrogens with one attached hydrogen (secondary N) is 2. The van der Waals surface area contributed by atoms with Crippen molar-refractivity contribution in [2.24, 2.45) is 0 Å². The fourth-order valence-corrected chi connectivity index (χ4v) is 3.19. The van der Waals surface area contributed by atoms with E-state index in [0.717, 1.165) is 28.4 Å². The Kier molecular flexibility index (Phi) is 6.74. The predicted molar refractivity (Wildman–Crippen MR) is 118 cm³/mol. The lowest BCUT2D eigenvalue weighted by atomic mass is 10.1. The summed E-state index contributed by atoms with van der Waals surface area (Å²) in [6.07, 6.45) is 0. The minimum absolute atomic E-state index is 0.107. The third-order valence-corrected chi connectivity index (χ3v) is 4.85. The summed E-state index contributed by atoms with van der Waals surface area (Å²) in [4.78, 5) is 12.6. The van der Waals surface area contributed by atoms with Crippen molar-refractivity contribution < 1.29 is 14.3 Å². The van der Waals surface area contributed by atoms with Gasteiger partial charge in [-0.15, -0.1) is 0 Å². The first kappa shape index (κ1) is 21.4. The Morgan fingerprint density at radius 3 is 2.47 bits per heavy atom. The molecule has 0 fully saturated rings. The fraction of sp³-hybridized carbons (Fsp3) is 0.304. The van der Waals surface area contributed by atoms with Crippen molar-refractivity contribution in [3.8, 4) is 17.2 Å². The van der Waals surface area contributed by atoms with E-state index in [0.29, 0.717) is 5.82 Å². The van der Waals surface area contributed by atoms with Gasteiger partial charge in [0.15, 0.2) is 0 Å². The number of methoxy groups -OCH3 is 2. The molecule has 0 spiro atoms. The van der Waals surface area contributed by atoms with Crippen molar-refractivity contribution >= 4 is 11.7 Å². The number of anilines is 1. The smallest absolute Gasteiger partial charge is 0.239 e. The molecule has 158 valence electrons. The molecule has 0 aliphatic heterocycles. The van der Waals surface area contributed by atoms with Crippen molar-refractivity contribution in [1.82, 2.24) is 15.1 Å².